The summed E-state index contributed by atoms with van der Waals surface area (Å²) in [7, 11) is 0. The standard InChI is InChI=1S/C17H14BrN5/c1-11-4-2-3-5-14(11)16-10-15(12-6-8-13(18)9-7-12)19-17-20-21-22-23(16)17/h2-10,16H,1H3,(H,19,20,22). The third-order valence-electron chi connectivity index (χ3n) is 3.99. The van der Waals surface area contributed by atoms with Crippen molar-refractivity contribution in [3.05, 3.63) is 75.8 Å². The Bertz CT molecular complexity index is 882. The van der Waals surface area contributed by atoms with Gasteiger partial charge in [-0.25, -0.2) is 0 Å². The molecule has 1 unspecified atom stereocenters. The largest absolute Gasteiger partial charge is 0.323 e. The second kappa shape index (κ2) is 5.62. The maximum absolute atomic E-state index is 4.14. The number of hydrogen-bond donors (Lipinski definition) is 1. The van der Waals surface area contributed by atoms with Crippen LogP contribution in [0, 0.1) is 6.92 Å². The third-order valence-corrected chi connectivity index (χ3v) is 4.52. The van der Waals surface area contributed by atoms with E-state index in [1.165, 1.54) is 11.1 Å². The van der Waals surface area contributed by atoms with Gasteiger partial charge in [0.25, 0.3) is 0 Å². The zero-order valence-electron chi connectivity index (χ0n) is 12.4. The summed E-state index contributed by atoms with van der Waals surface area (Å²) >= 11 is 3.47. The number of halogens is 1. The number of hydrogen-bond acceptors (Lipinski definition) is 4. The van der Waals surface area contributed by atoms with Crippen LogP contribution in [-0.2, 0) is 0 Å². The minimum Gasteiger partial charge on any atom is -0.323 e. The topological polar surface area (TPSA) is 55.6 Å². The van der Waals surface area contributed by atoms with Gasteiger partial charge in [-0.2, -0.15) is 4.68 Å². The first-order chi connectivity index (χ1) is 11.2. The first kappa shape index (κ1) is 14.1. The number of aromatic nitrogens is 4. The number of nitrogens with zero attached hydrogens (tertiary/aromatic N) is 4. The van der Waals surface area contributed by atoms with Crippen molar-refractivity contribution in [2.24, 2.45) is 0 Å². The molecule has 2 aromatic carbocycles. The van der Waals surface area contributed by atoms with Crippen LogP contribution in [0.1, 0.15) is 22.7 Å². The Kier molecular flexibility index (Phi) is 3.46. The van der Waals surface area contributed by atoms with Crippen molar-refractivity contribution in [2.45, 2.75) is 13.0 Å². The molecule has 0 radical (unpaired) electrons. The van der Waals surface area contributed by atoms with E-state index in [2.05, 4.69) is 74.0 Å². The molecule has 4 rings (SSSR count). The molecule has 0 bridgehead atoms. The Labute approximate surface area is 142 Å². The Morgan fingerprint density at radius 2 is 1.87 bits per heavy atom. The SMILES string of the molecule is Cc1ccccc1C1C=C(c2ccc(Br)cc2)Nc2nnnn21. The van der Waals surface area contributed by atoms with Gasteiger partial charge in [0.05, 0.1) is 0 Å². The molecule has 2 heterocycles. The molecule has 1 atom stereocenters. The lowest BCUT2D eigenvalue weighted by Crippen LogP contribution is -2.20. The monoisotopic (exact) mass is 367 g/mol. The average Bonchev–Trinajstić information content (AvgIpc) is 3.04. The number of fused-ring (bicyclic) bond motifs is 1. The average molecular weight is 368 g/mol. The Hall–Kier alpha value is -2.47. The molecule has 0 saturated carbocycles. The first-order valence-corrected chi connectivity index (χ1v) is 8.10. The maximum Gasteiger partial charge on any atom is 0.248 e. The van der Waals surface area contributed by atoms with E-state index in [1.54, 1.807) is 0 Å². The van der Waals surface area contributed by atoms with Crippen LogP contribution < -0.4 is 5.32 Å². The summed E-state index contributed by atoms with van der Waals surface area (Å²) in [6, 6.07) is 16.5. The van der Waals surface area contributed by atoms with E-state index >= 15 is 0 Å². The summed E-state index contributed by atoms with van der Waals surface area (Å²) in [6.45, 7) is 2.11. The first-order valence-electron chi connectivity index (χ1n) is 7.30. The van der Waals surface area contributed by atoms with Gasteiger partial charge in [-0.3, -0.25) is 0 Å². The highest BCUT2D eigenvalue weighted by molar-refractivity contribution is 9.10. The Balaban J connectivity index is 1.83. The smallest absolute Gasteiger partial charge is 0.248 e. The zero-order chi connectivity index (χ0) is 15.8. The van der Waals surface area contributed by atoms with Gasteiger partial charge in [-0.1, -0.05) is 57.4 Å². The van der Waals surface area contributed by atoms with Gasteiger partial charge < -0.3 is 5.32 Å². The fourth-order valence-corrected chi connectivity index (χ4v) is 3.06. The van der Waals surface area contributed by atoms with Gasteiger partial charge in [-0.05, 0) is 52.2 Å². The summed E-state index contributed by atoms with van der Waals surface area (Å²) in [6.07, 6.45) is 2.16. The molecule has 1 aromatic heterocycles. The molecule has 0 amide bonds. The second-order valence-corrected chi connectivity index (χ2v) is 6.38. The van der Waals surface area contributed by atoms with E-state index in [1.807, 2.05) is 28.9 Å². The minimum atomic E-state index is -0.0268. The zero-order valence-corrected chi connectivity index (χ0v) is 14.0. The lowest BCUT2D eigenvalue weighted by Gasteiger charge is -2.24. The molecule has 114 valence electrons. The predicted molar refractivity (Wildman–Crippen MR) is 92.9 cm³/mol. The molecule has 5 nitrogen and oxygen atoms in total. The summed E-state index contributed by atoms with van der Waals surface area (Å²) in [5.74, 6) is 0.652. The van der Waals surface area contributed by atoms with Crippen molar-refractivity contribution < 1.29 is 0 Å². The van der Waals surface area contributed by atoms with E-state index < -0.39 is 0 Å². The highest BCUT2D eigenvalue weighted by atomic mass is 79.9. The fraction of sp³-hybridized carbons (Fsp3) is 0.118. The van der Waals surface area contributed by atoms with Gasteiger partial charge in [-0.15, -0.1) is 0 Å². The van der Waals surface area contributed by atoms with Crippen LogP contribution >= 0.6 is 15.9 Å². The highest BCUT2D eigenvalue weighted by Gasteiger charge is 2.25. The molecule has 23 heavy (non-hydrogen) atoms. The molecule has 6 heteroatoms. The number of rotatable bonds is 2. The lowest BCUT2D eigenvalue weighted by molar-refractivity contribution is 0.583. The van der Waals surface area contributed by atoms with Crippen molar-refractivity contribution in [1.82, 2.24) is 20.2 Å². The summed E-state index contributed by atoms with van der Waals surface area (Å²) in [4.78, 5) is 0. The molecule has 1 aliphatic rings. The molecule has 1 N–H and O–H groups in total. The molecule has 0 aliphatic carbocycles. The van der Waals surface area contributed by atoms with Crippen LogP contribution in [0.2, 0.25) is 0 Å². The maximum atomic E-state index is 4.14. The number of allylic oxidation sites excluding steroid dienone is 1. The number of nitrogens with one attached hydrogen (secondary N) is 1. The number of anilines is 1. The third kappa shape index (κ3) is 2.55. The van der Waals surface area contributed by atoms with E-state index in [-0.39, 0.29) is 6.04 Å². The van der Waals surface area contributed by atoms with Crippen molar-refractivity contribution in [3.63, 3.8) is 0 Å². The van der Waals surface area contributed by atoms with E-state index in [0.717, 1.165) is 15.7 Å². The summed E-state index contributed by atoms with van der Waals surface area (Å²) < 4.78 is 2.86. The van der Waals surface area contributed by atoms with Gasteiger partial charge in [0.2, 0.25) is 5.95 Å². The Morgan fingerprint density at radius 3 is 2.65 bits per heavy atom. The van der Waals surface area contributed by atoms with Crippen LogP contribution in [-0.4, -0.2) is 20.2 Å². The number of aryl methyl sites for hydroxylation is 1. The molecular weight excluding hydrogens is 354 g/mol. The van der Waals surface area contributed by atoms with Crippen LogP contribution in [0.3, 0.4) is 0 Å². The van der Waals surface area contributed by atoms with Crippen molar-refractivity contribution in [2.75, 3.05) is 5.32 Å². The molecule has 0 spiro atoms. The van der Waals surface area contributed by atoms with Crippen LogP contribution in [0.5, 0.6) is 0 Å². The fourth-order valence-electron chi connectivity index (χ4n) is 2.79. The molecule has 0 saturated heterocycles. The lowest BCUT2D eigenvalue weighted by atomic mass is 9.98. The van der Waals surface area contributed by atoms with Crippen molar-refractivity contribution >= 4 is 27.6 Å². The minimum absolute atomic E-state index is 0.0268. The van der Waals surface area contributed by atoms with Gasteiger partial charge in [0.15, 0.2) is 0 Å². The summed E-state index contributed by atoms with van der Waals surface area (Å²) in [5, 5.41) is 15.4. The predicted octanol–water partition coefficient (Wildman–Crippen LogP) is 3.80. The molecule has 0 fully saturated rings. The van der Waals surface area contributed by atoms with Gasteiger partial charge in [0.1, 0.15) is 6.04 Å². The summed E-state index contributed by atoms with van der Waals surface area (Å²) in [5.41, 5.74) is 4.51. The van der Waals surface area contributed by atoms with E-state index in [4.69, 9.17) is 0 Å². The van der Waals surface area contributed by atoms with Gasteiger partial charge >= 0.3 is 0 Å². The second-order valence-electron chi connectivity index (χ2n) is 5.46. The van der Waals surface area contributed by atoms with Crippen LogP contribution in [0.4, 0.5) is 5.95 Å². The number of tetrazole rings is 1. The molecule has 1 aliphatic heterocycles. The van der Waals surface area contributed by atoms with Crippen LogP contribution in [0.15, 0.2) is 59.1 Å². The van der Waals surface area contributed by atoms with E-state index in [9.17, 15) is 0 Å². The molecule has 3 aromatic rings. The van der Waals surface area contributed by atoms with Crippen LogP contribution in [0.25, 0.3) is 5.70 Å². The molecular formula is C17H14BrN5. The van der Waals surface area contributed by atoms with Gasteiger partial charge in [0, 0.05) is 10.2 Å². The normalized spacial score (nSPS) is 16.4. The van der Waals surface area contributed by atoms with E-state index in [0.29, 0.717) is 5.95 Å². The quantitative estimate of drug-likeness (QED) is 0.748. The highest BCUT2D eigenvalue weighted by Crippen LogP contribution is 2.33. The van der Waals surface area contributed by atoms with Crippen molar-refractivity contribution in [3.8, 4) is 0 Å². The van der Waals surface area contributed by atoms with Crippen molar-refractivity contribution in [1.29, 1.82) is 0 Å². The number of benzene rings is 2. The Morgan fingerprint density at radius 1 is 1.09 bits per heavy atom.